The molecule has 134 valence electrons. The van der Waals surface area contributed by atoms with Crippen molar-refractivity contribution in [1.82, 2.24) is 4.90 Å². The van der Waals surface area contributed by atoms with Gasteiger partial charge in [0.15, 0.2) is 11.5 Å². The van der Waals surface area contributed by atoms with Gasteiger partial charge in [-0.15, -0.1) is 0 Å². The van der Waals surface area contributed by atoms with Crippen LogP contribution < -0.4 is 9.47 Å². The minimum absolute atomic E-state index is 0.128. The Kier molecular flexibility index (Phi) is 5.07. The Morgan fingerprint density at radius 3 is 2.79 bits per heavy atom. The Morgan fingerprint density at radius 1 is 1.29 bits per heavy atom. The summed E-state index contributed by atoms with van der Waals surface area (Å²) in [6, 6.07) is 6.87. The number of likely N-dealkylation sites (N-methyl/N-ethyl adjacent to an activating group) is 1. The second kappa shape index (κ2) is 6.93. The van der Waals surface area contributed by atoms with Crippen molar-refractivity contribution in [2.75, 3.05) is 20.2 Å². The summed E-state index contributed by atoms with van der Waals surface area (Å²) in [6.07, 6.45) is 3.90. The maximum Gasteiger partial charge on any atom is 0.161 e. The van der Waals surface area contributed by atoms with Crippen LogP contribution in [0.4, 0.5) is 0 Å². The van der Waals surface area contributed by atoms with Gasteiger partial charge < -0.3 is 19.5 Å². The van der Waals surface area contributed by atoms with Crippen LogP contribution in [0.1, 0.15) is 52.0 Å². The minimum atomic E-state index is -0.168. The fraction of sp³-hybridized carbons (Fsp3) is 0.700. The Balaban J connectivity index is 1.97. The molecule has 0 bridgehead atoms. The molecule has 0 unspecified atom stereocenters. The molecule has 0 radical (unpaired) electrons. The van der Waals surface area contributed by atoms with Gasteiger partial charge in [-0.25, -0.2) is 0 Å². The van der Waals surface area contributed by atoms with Crippen LogP contribution in [0, 0.1) is 0 Å². The second-order valence-corrected chi connectivity index (χ2v) is 7.59. The Morgan fingerprint density at radius 2 is 2.08 bits per heavy atom. The Hall–Kier alpha value is -1.26. The molecule has 1 saturated carbocycles. The first-order valence-corrected chi connectivity index (χ1v) is 9.28. The molecular formula is C20H31NO3. The van der Waals surface area contributed by atoms with E-state index in [1.54, 1.807) is 0 Å². The third-order valence-corrected chi connectivity index (χ3v) is 5.68. The van der Waals surface area contributed by atoms with E-state index in [0.29, 0.717) is 12.6 Å². The van der Waals surface area contributed by atoms with Crippen LogP contribution in [0.2, 0.25) is 0 Å². The van der Waals surface area contributed by atoms with Crippen LogP contribution in [-0.2, 0) is 5.41 Å². The molecule has 0 spiro atoms. The number of likely N-dealkylation sites (tertiary alicyclic amines) is 1. The smallest absolute Gasteiger partial charge is 0.161 e. The van der Waals surface area contributed by atoms with Crippen LogP contribution in [0.5, 0.6) is 11.5 Å². The van der Waals surface area contributed by atoms with Crippen molar-refractivity contribution in [3.63, 3.8) is 0 Å². The van der Waals surface area contributed by atoms with Crippen molar-refractivity contribution in [1.29, 1.82) is 0 Å². The summed E-state index contributed by atoms with van der Waals surface area (Å²) in [5.74, 6) is 1.67. The number of aliphatic hydroxyl groups is 1. The molecule has 4 heteroatoms. The standard InChI is InChI=1S/C20H31NO3/c1-5-23-18-12-15(6-7-17(18)24-14(2)3)20-9-8-16(22)13-19(20)21(4)11-10-20/h6-7,12,14,16,19,22H,5,8-11,13H2,1-4H3/t16-,19-,20-/m0/s1. The number of hydrogen-bond acceptors (Lipinski definition) is 4. The van der Waals surface area contributed by atoms with Gasteiger partial charge in [-0.05, 0) is 77.7 Å². The zero-order valence-corrected chi connectivity index (χ0v) is 15.4. The minimum Gasteiger partial charge on any atom is -0.490 e. The summed E-state index contributed by atoms with van der Waals surface area (Å²) in [5.41, 5.74) is 1.47. The SMILES string of the molecule is CCOc1cc([C@@]23CC[C@H](O)C[C@@H]2N(C)CC3)ccc1OC(C)C. The predicted molar refractivity (Wildman–Crippen MR) is 95.9 cm³/mol. The van der Waals surface area contributed by atoms with Crippen molar-refractivity contribution >= 4 is 0 Å². The number of rotatable bonds is 5. The lowest BCUT2D eigenvalue weighted by Gasteiger charge is -2.43. The number of ether oxygens (including phenoxy) is 2. The molecule has 1 aliphatic carbocycles. The van der Waals surface area contributed by atoms with Crippen LogP contribution in [0.25, 0.3) is 0 Å². The molecule has 4 nitrogen and oxygen atoms in total. The van der Waals surface area contributed by atoms with E-state index in [9.17, 15) is 5.11 Å². The predicted octanol–water partition coefficient (Wildman–Crippen LogP) is 3.36. The van der Waals surface area contributed by atoms with Crippen molar-refractivity contribution < 1.29 is 14.6 Å². The van der Waals surface area contributed by atoms with E-state index in [1.165, 1.54) is 5.56 Å². The highest BCUT2D eigenvalue weighted by Crippen LogP contribution is 2.49. The third kappa shape index (κ3) is 3.14. The molecule has 1 saturated heterocycles. The monoisotopic (exact) mass is 333 g/mol. The second-order valence-electron chi connectivity index (χ2n) is 7.59. The molecule has 3 atom stereocenters. The maximum absolute atomic E-state index is 10.1. The zero-order chi connectivity index (χ0) is 17.3. The summed E-state index contributed by atoms with van der Waals surface area (Å²) in [6.45, 7) is 7.80. The van der Waals surface area contributed by atoms with Gasteiger partial charge >= 0.3 is 0 Å². The number of aliphatic hydroxyl groups excluding tert-OH is 1. The molecule has 2 fully saturated rings. The highest BCUT2D eigenvalue weighted by Gasteiger charge is 2.50. The van der Waals surface area contributed by atoms with Gasteiger partial charge in [0.1, 0.15) is 0 Å². The molecule has 1 aliphatic heterocycles. The molecule has 24 heavy (non-hydrogen) atoms. The number of benzene rings is 1. The lowest BCUT2D eigenvalue weighted by Crippen LogP contribution is -2.47. The van der Waals surface area contributed by atoms with Crippen molar-refractivity contribution in [2.45, 2.75) is 70.1 Å². The highest BCUT2D eigenvalue weighted by molar-refractivity contribution is 5.46. The number of nitrogens with zero attached hydrogens (tertiary/aromatic N) is 1. The molecule has 0 amide bonds. The van der Waals surface area contributed by atoms with Gasteiger partial charge in [0.2, 0.25) is 0 Å². The third-order valence-electron chi connectivity index (χ3n) is 5.68. The number of hydrogen-bond donors (Lipinski definition) is 1. The molecule has 0 aromatic heterocycles. The molecular weight excluding hydrogens is 302 g/mol. The van der Waals surface area contributed by atoms with Crippen LogP contribution in [0.3, 0.4) is 0 Å². The molecule has 2 aliphatic rings. The summed E-state index contributed by atoms with van der Waals surface area (Å²) >= 11 is 0. The first kappa shape index (κ1) is 17.6. The fourth-order valence-electron chi connectivity index (χ4n) is 4.54. The van der Waals surface area contributed by atoms with Gasteiger partial charge in [0.25, 0.3) is 0 Å². The molecule has 1 N–H and O–H groups in total. The van der Waals surface area contributed by atoms with Gasteiger partial charge in [-0.2, -0.15) is 0 Å². The van der Waals surface area contributed by atoms with Gasteiger partial charge in [0.05, 0.1) is 18.8 Å². The van der Waals surface area contributed by atoms with Gasteiger partial charge in [-0.1, -0.05) is 6.07 Å². The maximum atomic E-state index is 10.1. The van der Waals surface area contributed by atoms with E-state index in [-0.39, 0.29) is 17.6 Å². The van der Waals surface area contributed by atoms with E-state index < -0.39 is 0 Å². The summed E-state index contributed by atoms with van der Waals surface area (Å²) < 4.78 is 11.8. The zero-order valence-electron chi connectivity index (χ0n) is 15.4. The Labute approximate surface area is 145 Å². The first-order valence-electron chi connectivity index (χ1n) is 9.28. The largest absolute Gasteiger partial charge is 0.490 e. The van der Waals surface area contributed by atoms with Gasteiger partial charge in [-0.3, -0.25) is 0 Å². The summed E-state index contributed by atoms with van der Waals surface area (Å²) in [5, 5.41) is 10.1. The van der Waals surface area contributed by atoms with E-state index >= 15 is 0 Å². The fourth-order valence-corrected chi connectivity index (χ4v) is 4.54. The first-order chi connectivity index (χ1) is 11.5. The van der Waals surface area contributed by atoms with E-state index in [0.717, 1.165) is 43.7 Å². The lowest BCUT2D eigenvalue weighted by molar-refractivity contribution is 0.0566. The molecule has 1 heterocycles. The van der Waals surface area contributed by atoms with Crippen molar-refractivity contribution in [2.24, 2.45) is 0 Å². The average molecular weight is 333 g/mol. The van der Waals surface area contributed by atoms with Crippen molar-refractivity contribution in [3.05, 3.63) is 23.8 Å². The normalized spacial score (nSPS) is 30.4. The summed E-state index contributed by atoms with van der Waals surface area (Å²) in [4.78, 5) is 2.42. The molecule has 3 rings (SSSR count). The molecule has 1 aromatic carbocycles. The van der Waals surface area contributed by atoms with E-state index in [2.05, 4.69) is 30.1 Å². The highest BCUT2D eigenvalue weighted by atomic mass is 16.5. The van der Waals surface area contributed by atoms with Gasteiger partial charge in [0, 0.05) is 11.5 Å². The average Bonchev–Trinajstić information content (AvgIpc) is 2.87. The number of fused-ring (bicyclic) bond motifs is 1. The summed E-state index contributed by atoms with van der Waals surface area (Å²) in [7, 11) is 2.18. The van der Waals surface area contributed by atoms with E-state index in [1.807, 2.05) is 20.8 Å². The van der Waals surface area contributed by atoms with Crippen LogP contribution in [0.15, 0.2) is 18.2 Å². The van der Waals surface area contributed by atoms with Crippen LogP contribution in [-0.4, -0.2) is 48.5 Å². The van der Waals surface area contributed by atoms with Crippen molar-refractivity contribution in [3.8, 4) is 11.5 Å². The molecule has 1 aromatic rings. The topological polar surface area (TPSA) is 41.9 Å². The Bertz CT molecular complexity index is 574. The van der Waals surface area contributed by atoms with Crippen LogP contribution >= 0.6 is 0 Å². The lowest BCUT2D eigenvalue weighted by atomic mass is 9.65. The van der Waals surface area contributed by atoms with E-state index in [4.69, 9.17) is 9.47 Å². The quantitative estimate of drug-likeness (QED) is 0.897.